The van der Waals surface area contributed by atoms with Crippen molar-refractivity contribution in [3.05, 3.63) is 63.9 Å². The van der Waals surface area contributed by atoms with E-state index in [1.807, 2.05) is 31.2 Å². The van der Waals surface area contributed by atoms with E-state index in [2.05, 4.69) is 50.4 Å². The fourth-order valence-corrected chi connectivity index (χ4v) is 3.87. The molecule has 0 bridgehead atoms. The zero-order chi connectivity index (χ0) is 20.4. The minimum Gasteiger partial charge on any atom is -0.490 e. The van der Waals surface area contributed by atoms with Crippen molar-refractivity contribution < 1.29 is 14.3 Å². The average Bonchev–Trinajstić information content (AvgIpc) is 3.17. The van der Waals surface area contributed by atoms with Crippen LogP contribution in [0, 0.1) is 6.92 Å². The Labute approximate surface area is 177 Å². The molecule has 8 heteroatoms. The van der Waals surface area contributed by atoms with Crippen LogP contribution in [0.4, 0.5) is 5.95 Å². The van der Waals surface area contributed by atoms with Crippen LogP contribution in [0.5, 0.6) is 11.5 Å². The predicted octanol–water partition coefficient (Wildman–Crippen LogP) is 4.26. The average molecular weight is 457 g/mol. The number of carbonyl (C=O) groups is 1. The van der Waals surface area contributed by atoms with Crippen molar-refractivity contribution >= 4 is 27.8 Å². The lowest BCUT2D eigenvalue weighted by Gasteiger charge is -2.25. The molecule has 1 atom stereocenters. The Morgan fingerprint density at radius 1 is 1.21 bits per heavy atom. The Balaban J connectivity index is 1.64. The lowest BCUT2D eigenvalue weighted by Crippen LogP contribution is -2.29. The van der Waals surface area contributed by atoms with Crippen molar-refractivity contribution in [1.82, 2.24) is 14.8 Å². The van der Waals surface area contributed by atoms with Gasteiger partial charge in [0, 0.05) is 4.47 Å². The molecule has 2 aromatic carbocycles. The van der Waals surface area contributed by atoms with Gasteiger partial charge in [0.15, 0.2) is 11.5 Å². The Morgan fingerprint density at radius 3 is 2.72 bits per heavy atom. The minimum atomic E-state index is -0.277. The first-order valence-electron chi connectivity index (χ1n) is 9.39. The van der Waals surface area contributed by atoms with E-state index in [1.165, 1.54) is 11.9 Å². The largest absolute Gasteiger partial charge is 0.490 e. The summed E-state index contributed by atoms with van der Waals surface area (Å²) >= 11 is 3.64. The Morgan fingerprint density at radius 2 is 1.97 bits per heavy atom. The molecule has 0 saturated carbocycles. The number of nitrogens with zero attached hydrogens (tertiary/aromatic N) is 3. The van der Waals surface area contributed by atoms with Gasteiger partial charge in [-0.15, -0.1) is 0 Å². The van der Waals surface area contributed by atoms with Gasteiger partial charge in [0.1, 0.15) is 12.9 Å². The van der Waals surface area contributed by atoms with Gasteiger partial charge in [-0.2, -0.15) is 10.1 Å². The van der Waals surface area contributed by atoms with Crippen molar-refractivity contribution in [3.8, 4) is 11.5 Å². The molecule has 0 radical (unpaired) electrons. The van der Waals surface area contributed by atoms with E-state index >= 15 is 0 Å². The van der Waals surface area contributed by atoms with Crippen molar-refractivity contribution in [3.63, 3.8) is 0 Å². The smallest absolute Gasteiger partial charge is 0.229 e. The second-order valence-corrected chi connectivity index (χ2v) is 7.68. The van der Waals surface area contributed by atoms with Gasteiger partial charge >= 0.3 is 0 Å². The number of carbonyl (C=O) groups excluding carboxylic acids is 1. The van der Waals surface area contributed by atoms with Gasteiger partial charge in [0.2, 0.25) is 11.9 Å². The molecule has 0 saturated heterocycles. The maximum absolute atomic E-state index is 12.1. The quantitative estimate of drug-likeness (QED) is 0.599. The number of fused-ring (bicyclic) bond motifs is 1. The van der Waals surface area contributed by atoms with Crippen LogP contribution in [-0.4, -0.2) is 27.3 Å². The van der Waals surface area contributed by atoms with E-state index in [1.54, 1.807) is 4.68 Å². The summed E-state index contributed by atoms with van der Waals surface area (Å²) in [4.78, 5) is 16.2. The number of aryl methyl sites for hydroxylation is 1. The SMILES string of the molecule is CCOc1cc([C@@H]2CC(=O)Nc3ncnn32)c(Br)cc1OCc1ccc(C)cc1. The highest BCUT2D eigenvalue weighted by Gasteiger charge is 2.30. The molecule has 1 N–H and O–H groups in total. The number of ether oxygens (including phenoxy) is 2. The fraction of sp³-hybridized carbons (Fsp3) is 0.286. The zero-order valence-electron chi connectivity index (χ0n) is 16.2. The summed E-state index contributed by atoms with van der Waals surface area (Å²) in [6.45, 7) is 4.92. The summed E-state index contributed by atoms with van der Waals surface area (Å²) in [5, 5.41) is 7.00. The second kappa shape index (κ2) is 8.24. The van der Waals surface area contributed by atoms with Crippen LogP contribution >= 0.6 is 15.9 Å². The van der Waals surface area contributed by atoms with Crippen molar-refractivity contribution in [1.29, 1.82) is 0 Å². The predicted molar refractivity (Wildman–Crippen MR) is 112 cm³/mol. The zero-order valence-corrected chi connectivity index (χ0v) is 17.8. The molecular formula is C21H21BrN4O3. The maximum atomic E-state index is 12.1. The van der Waals surface area contributed by atoms with Crippen LogP contribution in [0.2, 0.25) is 0 Å². The first-order chi connectivity index (χ1) is 14.0. The molecule has 0 fully saturated rings. The van der Waals surface area contributed by atoms with Gasteiger partial charge in [-0.3, -0.25) is 10.1 Å². The number of hydrogen-bond donors (Lipinski definition) is 1. The summed E-state index contributed by atoms with van der Waals surface area (Å²) in [7, 11) is 0. The van der Waals surface area contributed by atoms with Crippen molar-refractivity contribution in [2.45, 2.75) is 32.9 Å². The molecule has 1 amide bonds. The summed E-state index contributed by atoms with van der Waals surface area (Å²) in [6.07, 6.45) is 1.70. The fourth-order valence-electron chi connectivity index (χ4n) is 3.28. The minimum absolute atomic E-state index is 0.0972. The Bertz CT molecular complexity index is 1030. The normalized spacial score (nSPS) is 15.6. The van der Waals surface area contributed by atoms with Gasteiger partial charge in [-0.25, -0.2) is 4.68 Å². The number of benzene rings is 2. The third-order valence-corrected chi connectivity index (χ3v) is 5.42. The second-order valence-electron chi connectivity index (χ2n) is 6.82. The van der Waals surface area contributed by atoms with Crippen LogP contribution in [-0.2, 0) is 11.4 Å². The standard InChI is InChI=1S/C21H21BrN4O3/c1-3-28-18-8-15(17-10-20(27)25-21-23-12-24-26(17)21)16(22)9-19(18)29-11-14-6-4-13(2)5-7-14/h4-9,12,17H,3,10-11H2,1-2H3,(H,23,24,25,27)/t17-/m0/s1. The van der Waals surface area contributed by atoms with Crippen LogP contribution in [0.25, 0.3) is 0 Å². The molecule has 1 aromatic heterocycles. The molecule has 1 aliphatic rings. The van der Waals surface area contributed by atoms with E-state index in [4.69, 9.17) is 9.47 Å². The molecular weight excluding hydrogens is 436 g/mol. The summed E-state index contributed by atoms with van der Waals surface area (Å²) in [5.74, 6) is 1.61. The Kier molecular flexibility index (Phi) is 5.53. The molecule has 7 nitrogen and oxygen atoms in total. The lowest BCUT2D eigenvalue weighted by molar-refractivity contribution is -0.117. The molecule has 0 unspecified atom stereocenters. The van der Waals surface area contributed by atoms with E-state index in [-0.39, 0.29) is 18.4 Å². The first-order valence-corrected chi connectivity index (χ1v) is 10.2. The molecule has 2 heterocycles. The number of aromatic nitrogens is 3. The maximum Gasteiger partial charge on any atom is 0.229 e. The monoisotopic (exact) mass is 456 g/mol. The third-order valence-electron chi connectivity index (χ3n) is 4.74. The first kappa shape index (κ1) is 19.4. The molecule has 0 aliphatic carbocycles. The molecule has 1 aliphatic heterocycles. The lowest BCUT2D eigenvalue weighted by atomic mass is 10.0. The summed E-state index contributed by atoms with van der Waals surface area (Å²) in [5.41, 5.74) is 3.17. The van der Waals surface area contributed by atoms with Gasteiger partial charge in [0.05, 0.1) is 19.1 Å². The van der Waals surface area contributed by atoms with Gasteiger partial charge in [-0.05, 0) is 37.1 Å². The van der Waals surface area contributed by atoms with Gasteiger partial charge < -0.3 is 9.47 Å². The Hall–Kier alpha value is -2.87. The number of amides is 1. The molecule has 150 valence electrons. The summed E-state index contributed by atoms with van der Waals surface area (Å²) in [6, 6.07) is 11.7. The van der Waals surface area contributed by atoms with Crippen LogP contribution in [0.3, 0.4) is 0 Å². The van der Waals surface area contributed by atoms with E-state index in [9.17, 15) is 4.79 Å². The highest BCUT2D eigenvalue weighted by Crippen LogP contribution is 2.40. The number of rotatable bonds is 6. The van der Waals surface area contributed by atoms with E-state index < -0.39 is 0 Å². The molecule has 3 aromatic rings. The topological polar surface area (TPSA) is 78.3 Å². The van der Waals surface area contributed by atoms with Crippen LogP contribution in [0.1, 0.15) is 36.1 Å². The number of nitrogens with one attached hydrogen (secondary N) is 1. The van der Waals surface area contributed by atoms with Gasteiger partial charge in [-0.1, -0.05) is 45.8 Å². The van der Waals surface area contributed by atoms with Crippen LogP contribution in [0.15, 0.2) is 47.2 Å². The highest BCUT2D eigenvalue weighted by atomic mass is 79.9. The van der Waals surface area contributed by atoms with Gasteiger partial charge in [0.25, 0.3) is 0 Å². The van der Waals surface area contributed by atoms with E-state index in [0.717, 1.165) is 15.6 Å². The number of anilines is 1. The van der Waals surface area contributed by atoms with Crippen LogP contribution < -0.4 is 14.8 Å². The molecule has 4 rings (SSSR count). The molecule has 29 heavy (non-hydrogen) atoms. The van der Waals surface area contributed by atoms with E-state index in [0.29, 0.717) is 30.7 Å². The number of halogens is 1. The van der Waals surface area contributed by atoms with Crippen molar-refractivity contribution in [2.75, 3.05) is 11.9 Å². The van der Waals surface area contributed by atoms with Crippen molar-refractivity contribution in [2.24, 2.45) is 0 Å². The summed E-state index contributed by atoms with van der Waals surface area (Å²) < 4.78 is 14.4. The highest BCUT2D eigenvalue weighted by molar-refractivity contribution is 9.10. The third kappa shape index (κ3) is 4.12. The molecule has 0 spiro atoms. The number of hydrogen-bond acceptors (Lipinski definition) is 5.